The molecule has 1 aliphatic rings. The minimum Gasteiger partial charge on any atom is -0.467 e. The van der Waals surface area contributed by atoms with Crippen LogP contribution in [-0.2, 0) is 4.74 Å². The lowest BCUT2D eigenvalue weighted by molar-refractivity contribution is 0.0510. The molecule has 1 amide bonds. The van der Waals surface area contributed by atoms with Crippen LogP contribution in [0.1, 0.15) is 52.5 Å². The standard InChI is InChI=1S/C15H17N3O4/c1-2-21-15(20)13-12(16-9-17-13)14(19)18-7-3-5-10(18)11-6-4-8-22-11/h4,6,8-10H,2-3,5,7H2,1H3,(H,16,17). The van der Waals surface area contributed by atoms with Crippen molar-refractivity contribution in [2.75, 3.05) is 13.2 Å². The number of rotatable bonds is 4. The van der Waals surface area contributed by atoms with Crippen LogP contribution in [0.2, 0.25) is 0 Å². The van der Waals surface area contributed by atoms with Gasteiger partial charge in [-0.3, -0.25) is 4.79 Å². The van der Waals surface area contributed by atoms with Gasteiger partial charge in [0.25, 0.3) is 5.91 Å². The molecule has 116 valence electrons. The maximum absolute atomic E-state index is 12.7. The second kappa shape index (κ2) is 6.05. The Morgan fingerprint density at radius 3 is 3.14 bits per heavy atom. The van der Waals surface area contributed by atoms with Crippen molar-refractivity contribution in [2.24, 2.45) is 0 Å². The van der Waals surface area contributed by atoms with Crippen molar-refractivity contribution >= 4 is 11.9 Å². The molecule has 0 radical (unpaired) electrons. The second-order valence-corrected chi connectivity index (χ2v) is 5.02. The zero-order chi connectivity index (χ0) is 15.5. The fourth-order valence-electron chi connectivity index (χ4n) is 2.74. The fraction of sp³-hybridized carbons (Fsp3) is 0.400. The number of carbonyl (C=O) groups is 2. The van der Waals surface area contributed by atoms with Crippen molar-refractivity contribution in [2.45, 2.75) is 25.8 Å². The number of likely N-dealkylation sites (tertiary alicyclic amines) is 1. The summed E-state index contributed by atoms with van der Waals surface area (Å²) in [5.41, 5.74) is 0.189. The number of H-pyrrole nitrogens is 1. The maximum Gasteiger partial charge on any atom is 0.357 e. The number of nitrogens with zero attached hydrogens (tertiary/aromatic N) is 2. The number of nitrogens with one attached hydrogen (secondary N) is 1. The Bertz CT molecular complexity index is 662. The van der Waals surface area contributed by atoms with Gasteiger partial charge in [0.2, 0.25) is 0 Å². The van der Waals surface area contributed by atoms with Gasteiger partial charge in [-0.25, -0.2) is 9.78 Å². The molecule has 1 atom stereocenters. The number of amides is 1. The van der Waals surface area contributed by atoms with Gasteiger partial charge in [-0.15, -0.1) is 0 Å². The number of aromatic amines is 1. The van der Waals surface area contributed by atoms with Gasteiger partial charge in [0.05, 0.1) is 25.2 Å². The highest BCUT2D eigenvalue weighted by molar-refractivity contribution is 6.03. The van der Waals surface area contributed by atoms with E-state index < -0.39 is 5.97 Å². The summed E-state index contributed by atoms with van der Waals surface area (Å²) in [6, 6.07) is 3.54. The van der Waals surface area contributed by atoms with E-state index >= 15 is 0 Å². The van der Waals surface area contributed by atoms with Gasteiger partial charge in [0.15, 0.2) is 11.4 Å². The van der Waals surface area contributed by atoms with Gasteiger partial charge in [-0.2, -0.15) is 0 Å². The van der Waals surface area contributed by atoms with Gasteiger partial charge < -0.3 is 19.0 Å². The number of hydrogen-bond acceptors (Lipinski definition) is 5. The molecule has 0 bridgehead atoms. The molecule has 3 rings (SSSR count). The molecule has 0 saturated carbocycles. The van der Waals surface area contributed by atoms with E-state index in [-0.39, 0.29) is 29.9 Å². The highest BCUT2D eigenvalue weighted by Gasteiger charge is 2.35. The third-order valence-electron chi connectivity index (χ3n) is 3.71. The molecule has 1 fully saturated rings. The second-order valence-electron chi connectivity index (χ2n) is 5.02. The summed E-state index contributed by atoms with van der Waals surface area (Å²) in [5, 5.41) is 0. The number of imidazole rings is 1. The molecule has 1 N–H and O–H groups in total. The Hall–Kier alpha value is -2.57. The Labute approximate surface area is 127 Å². The van der Waals surface area contributed by atoms with E-state index in [9.17, 15) is 9.59 Å². The van der Waals surface area contributed by atoms with E-state index in [1.54, 1.807) is 24.2 Å². The van der Waals surface area contributed by atoms with Gasteiger partial charge in [0.1, 0.15) is 5.76 Å². The lowest BCUT2D eigenvalue weighted by Gasteiger charge is -2.22. The summed E-state index contributed by atoms with van der Waals surface area (Å²) in [4.78, 5) is 33.0. The number of carbonyl (C=O) groups excluding carboxylic acids is 2. The predicted molar refractivity (Wildman–Crippen MR) is 76.3 cm³/mol. The molecule has 22 heavy (non-hydrogen) atoms. The van der Waals surface area contributed by atoms with Crippen LogP contribution in [0.15, 0.2) is 29.1 Å². The first kappa shape index (κ1) is 14.4. The Kier molecular flexibility index (Phi) is 3.95. The van der Waals surface area contributed by atoms with Gasteiger partial charge in [-0.1, -0.05) is 0 Å². The molecule has 7 nitrogen and oxygen atoms in total. The number of aromatic nitrogens is 2. The van der Waals surface area contributed by atoms with Gasteiger partial charge >= 0.3 is 5.97 Å². The first-order chi connectivity index (χ1) is 10.7. The topological polar surface area (TPSA) is 88.4 Å². The molecule has 3 heterocycles. The summed E-state index contributed by atoms with van der Waals surface area (Å²) < 4.78 is 10.4. The van der Waals surface area contributed by atoms with Crippen LogP contribution >= 0.6 is 0 Å². The highest BCUT2D eigenvalue weighted by Crippen LogP contribution is 2.33. The van der Waals surface area contributed by atoms with Crippen molar-refractivity contribution in [1.82, 2.24) is 14.9 Å². The fourth-order valence-corrected chi connectivity index (χ4v) is 2.74. The lowest BCUT2D eigenvalue weighted by Crippen LogP contribution is -2.32. The average Bonchev–Trinajstić information content (AvgIpc) is 3.25. The minimum absolute atomic E-state index is 0.0944. The number of hydrogen-bond donors (Lipinski definition) is 1. The lowest BCUT2D eigenvalue weighted by atomic mass is 10.1. The largest absolute Gasteiger partial charge is 0.467 e. The molecule has 0 spiro atoms. The molecule has 7 heteroatoms. The SMILES string of the molecule is CCOC(=O)c1[nH]cnc1C(=O)N1CCCC1c1ccco1. The van der Waals surface area contributed by atoms with Crippen LogP contribution in [-0.4, -0.2) is 39.9 Å². The van der Waals surface area contributed by atoms with Crippen LogP contribution in [0.4, 0.5) is 0 Å². The summed E-state index contributed by atoms with van der Waals surface area (Å²) in [7, 11) is 0. The van der Waals surface area contributed by atoms with Crippen molar-refractivity contribution in [1.29, 1.82) is 0 Å². The average molecular weight is 303 g/mol. The molecular weight excluding hydrogens is 286 g/mol. The number of esters is 1. The van der Waals surface area contributed by atoms with Crippen LogP contribution in [0, 0.1) is 0 Å². The zero-order valence-electron chi connectivity index (χ0n) is 12.2. The number of ether oxygens (including phenoxy) is 1. The molecule has 2 aromatic rings. The van der Waals surface area contributed by atoms with Crippen molar-refractivity contribution in [3.8, 4) is 0 Å². The molecular formula is C15H17N3O4. The molecule has 1 unspecified atom stereocenters. The maximum atomic E-state index is 12.7. The predicted octanol–water partition coefficient (Wildman–Crippen LogP) is 2.16. The van der Waals surface area contributed by atoms with Crippen molar-refractivity contribution < 1.29 is 18.7 Å². The van der Waals surface area contributed by atoms with E-state index in [0.717, 1.165) is 18.6 Å². The molecule has 0 aromatic carbocycles. The van der Waals surface area contributed by atoms with Gasteiger partial charge in [-0.05, 0) is 31.9 Å². The molecule has 0 aliphatic carbocycles. The minimum atomic E-state index is -0.572. The molecule has 1 saturated heterocycles. The van der Waals surface area contributed by atoms with E-state index in [4.69, 9.17) is 9.15 Å². The Balaban J connectivity index is 1.85. The van der Waals surface area contributed by atoms with Crippen LogP contribution in [0.5, 0.6) is 0 Å². The third-order valence-corrected chi connectivity index (χ3v) is 3.71. The highest BCUT2D eigenvalue weighted by atomic mass is 16.5. The van der Waals surface area contributed by atoms with Crippen molar-refractivity contribution in [3.05, 3.63) is 41.9 Å². The Morgan fingerprint density at radius 2 is 2.41 bits per heavy atom. The molecule has 2 aromatic heterocycles. The monoisotopic (exact) mass is 303 g/mol. The normalized spacial score (nSPS) is 17.7. The van der Waals surface area contributed by atoms with Crippen LogP contribution in [0.3, 0.4) is 0 Å². The quantitative estimate of drug-likeness (QED) is 0.874. The first-order valence-corrected chi connectivity index (χ1v) is 7.27. The smallest absolute Gasteiger partial charge is 0.357 e. The summed E-state index contributed by atoms with van der Waals surface area (Å²) in [6.07, 6.45) is 4.64. The summed E-state index contributed by atoms with van der Waals surface area (Å²) in [6.45, 7) is 2.56. The van der Waals surface area contributed by atoms with E-state index in [1.807, 2.05) is 6.07 Å². The van der Waals surface area contributed by atoms with Crippen LogP contribution < -0.4 is 0 Å². The van der Waals surface area contributed by atoms with E-state index in [0.29, 0.717) is 6.54 Å². The van der Waals surface area contributed by atoms with E-state index in [1.165, 1.54) is 6.33 Å². The third kappa shape index (κ3) is 2.49. The van der Waals surface area contributed by atoms with Gasteiger partial charge in [0, 0.05) is 6.54 Å². The Morgan fingerprint density at radius 1 is 1.55 bits per heavy atom. The van der Waals surface area contributed by atoms with Crippen molar-refractivity contribution in [3.63, 3.8) is 0 Å². The summed E-state index contributed by atoms with van der Waals surface area (Å²) >= 11 is 0. The zero-order valence-corrected chi connectivity index (χ0v) is 12.2. The summed E-state index contributed by atoms with van der Waals surface area (Å²) in [5.74, 6) is -0.112. The number of furan rings is 1. The van der Waals surface area contributed by atoms with E-state index in [2.05, 4.69) is 9.97 Å². The molecule has 1 aliphatic heterocycles. The van der Waals surface area contributed by atoms with Crippen LogP contribution in [0.25, 0.3) is 0 Å². The first-order valence-electron chi connectivity index (χ1n) is 7.27.